The van der Waals surface area contributed by atoms with Gasteiger partial charge < -0.3 is 9.47 Å². The van der Waals surface area contributed by atoms with Crippen LogP contribution in [0.15, 0.2) is 22.7 Å². The molecule has 0 amide bonds. The highest BCUT2D eigenvalue weighted by molar-refractivity contribution is 9.10. The van der Waals surface area contributed by atoms with Crippen LogP contribution in [0.1, 0.15) is 43.0 Å². The number of Topliss-reactive ketones (excluding diaryl/α,β-unsaturated/α-hetero) is 1. The van der Waals surface area contributed by atoms with Crippen molar-refractivity contribution in [3.05, 3.63) is 28.2 Å². The average molecular weight is 327 g/mol. The van der Waals surface area contributed by atoms with Crippen molar-refractivity contribution in [1.29, 1.82) is 0 Å². The first-order valence-electron chi connectivity index (χ1n) is 6.61. The first-order valence-corrected chi connectivity index (χ1v) is 7.40. The SMILES string of the molecule is CCOc1ccc(C(=O)CC2(OC)CCC2)c(Br)c1. The summed E-state index contributed by atoms with van der Waals surface area (Å²) in [4.78, 5) is 12.4. The Labute approximate surface area is 122 Å². The van der Waals surface area contributed by atoms with E-state index in [0.717, 1.165) is 29.5 Å². The predicted octanol–water partition coefficient (Wildman–Crippen LogP) is 3.99. The van der Waals surface area contributed by atoms with E-state index < -0.39 is 0 Å². The summed E-state index contributed by atoms with van der Waals surface area (Å²) < 4.78 is 11.7. The molecule has 0 aliphatic heterocycles. The van der Waals surface area contributed by atoms with Gasteiger partial charge in [-0.2, -0.15) is 0 Å². The van der Waals surface area contributed by atoms with Gasteiger partial charge in [-0.15, -0.1) is 0 Å². The van der Waals surface area contributed by atoms with Crippen molar-refractivity contribution in [2.75, 3.05) is 13.7 Å². The third kappa shape index (κ3) is 3.18. The molecule has 0 unspecified atom stereocenters. The predicted molar refractivity (Wildman–Crippen MR) is 77.8 cm³/mol. The second-order valence-corrected chi connectivity index (χ2v) is 5.77. The maximum Gasteiger partial charge on any atom is 0.166 e. The smallest absolute Gasteiger partial charge is 0.166 e. The molecule has 2 rings (SSSR count). The fourth-order valence-corrected chi connectivity index (χ4v) is 2.97. The molecule has 1 fully saturated rings. The summed E-state index contributed by atoms with van der Waals surface area (Å²) in [6, 6.07) is 5.50. The van der Waals surface area contributed by atoms with E-state index in [0.29, 0.717) is 18.6 Å². The van der Waals surface area contributed by atoms with Gasteiger partial charge in [-0.3, -0.25) is 4.79 Å². The maximum absolute atomic E-state index is 12.4. The number of hydrogen-bond donors (Lipinski definition) is 0. The lowest BCUT2D eigenvalue weighted by Crippen LogP contribution is -2.41. The summed E-state index contributed by atoms with van der Waals surface area (Å²) in [7, 11) is 1.69. The molecule has 1 aliphatic carbocycles. The molecule has 0 spiro atoms. The van der Waals surface area contributed by atoms with Gasteiger partial charge in [-0.05, 0) is 60.3 Å². The van der Waals surface area contributed by atoms with E-state index >= 15 is 0 Å². The molecule has 0 saturated heterocycles. The van der Waals surface area contributed by atoms with Gasteiger partial charge in [0.25, 0.3) is 0 Å². The minimum atomic E-state index is -0.227. The average Bonchev–Trinajstić information content (AvgIpc) is 2.34. The highest BCUT2D eigenvalue weighted by Crippen LogP contribution is 2.39. The number of halogens is 1. The van der Waals surface area contributed by atoms with Crippen LogP contribution in [-0.4, -0.2) is 25.1 Å². The minimum absolute atomic E-state index is 0.122. The van der Waals surface area contributed by atoms with Crippen molar-refractivity contribution in [3.63, 3.8) is 0 Å². The first kappa shape index (κ1) is 14.5. The van der Waals surface area contributed by atoms with E-state index in [2.05, 4.69) is 15.9 Å². The van der Waals surface area contributed by atoms with Gasteiger partial charge >= 0.3 is 0 Å². The Morgan fingerprint density at radius 2 is 2.16 bits per heavy atom. The molecule has 1 aromatic rings. The summed E-state index contributed by atoms with van der Waals surface area (Å²) in [6.45, 7) is 2.55. The molecule has 19 heavy (non-hydrogen) atoms. The third-order valence-corrected chi connectivity index (χ3v) is 4.39. The number of carbonyl (C=O) groups is 1. The zero-order valence-corrected chi connectivity index (χ0v) is 13.0. The summed E-state index contributed by atoms with van der Waals surface area (Å²) in [5.74, 6) is 0.896. The largest absolute Gasteiger partial charge is 0.494 e. The summed E-state index contributed by atoms with van der Waals surface area (Å²) in [5.41, 5.74) is 0.474. The fourth-order valence-electron chi connectivity index (χ4n) is 2.39. The van der Waals surface area contributed by atoms with Gasteiger partial charge in [0.1, 0.15) is 5.75 Å². The monoisotopic (exact) mass is 326 g/mol. The van der Waals surface area contributed by atoms with E-state index in [9.17, 15) is 4.79 Å². The van der Waals surface area contributed by atoms with Crippen LogP contribution in [0.2, 0.25) is 0 Å². The van der Waals surface area contributed by atoms with Crippen LogP contribution in [0.25, 0.3) is 0 Å². The topological polar surface area (TPSA) is 35.5 Å². The molecular formula is C15H19BrO3. The third-order valence-electron chi connectivity index (χ3n) is 3.73. The summed E-state index contributed by atoms with van der Waals surface area (Å²) in [5, 5.41) is 0. The van der Waals surface area contributed by atoms with Crippen molar-refractivity contribution in [2.24, 2.45) is 0 Å². The van der Waals surface area contributed by atoms with Crippen LogP contribution in [0.4, 0.5) is 0 Å². The van der Waals surface area contributed by atoms with Crippen molar-refractivity contribution in [1.82, 2.24) is 0 Å². The quantitative estimate of drug-likeness (QED) is 0.741. The lowest BCUT2D eigenvalue weighted by Gasteiger charge is -2.40. The van der Waals surface area contributed by atoms with Gasteiger partial charge in [-0.25, -0.2) is 0 Å². The van der Waals surface area contributed by atoms with Gasteiger partial charge in [0.2, 0.25) is 0 Å². The Balaban J connectivity index is 2.10. The highest BCUT2D eigenvalue weighted by Gasteiger charge is 2.39. The molecule has 0 bridgehead atoms. The first-order chi connectivity index (χ1) is 9.10. The van der Waals surface area contributed by atoms with Gasteiger partial charge in [-0.1, -0.05) is 0 Å². The number of ketones is 1. The molecule has 3 nitrogen and oxygen atoms in total. The van der Waals surface area contributed by atoms with E-state index in [1.807, 2.05) is 25.1 Å². The van der Waals surface area contributed by atoms with Crippen molar-refractivity contribution >= 4 is 21.7 Å². The number of methoxy groups -OCH3 is 1. The van der Waals surface area contributed by atoms with Crippen molar-refractivity contribution in [2.45, 2.75) is 38.2 Å². The molecule has 0 heterocycles. The number of rotatable bonds is 6. The molecular weight excluding hydrogens is 308 g/mol. The van der Waals surface area contributed by atoms with Crippen molar-refractivity contribution < 1.29 is 14.3 Å². The van der Waals surface area contributed by atoms with Crippen LogP contribution in [-0.2, 0) is 4.74 Å². The van der Waals surface area contributed by atoms with Crippen LogP contribution >= 0.6 is 15.9 Å². The van der Waals surface area contributed by atoms with E-state index in [-0.39, 0.29) is 11.4 Å². The molecule has 0 N–H and O–H groups in total. The molecule has 0 atom stereocenters. The lowest BCUT2D eigenvalue weighted by molar-refractivity contribution is -0.0704. The molecule has 0 radical (unpaired) electrons. The van der Waals surface area contributed by atoms with Crippen LogP contribution in [0.3, 0.4) is 0 Å². The Morgan fingerprint density at radius 1 is 1.42 bits per heavy atom. The Kier molecular flexibility index (Phi) is 4.63. The normalized spacial score (nSPS) is 16.8. The molecule has 4 heteroatoms. The Morgan fingerprint density at radius 3 is 2.63 bits per heavy atom. The number of ether oxygens (including phenoxy) is 2. The Hall–Kier alpha value is -0.870. The number of benzene rings is 1. The minimum Gasteiger partial charge on any atom is -0.494 e. The standard InChI is InChI=1S/C15H19BrO3/c1-3-19-11-5-6-12(13(16)9-11)14(17)10-15(18-2)7-4-8-15/h5-6,9H,3-4,7-8,10H2,1-2H3. The molecule has 1 saturated carbocycles. The lowest BCUT2D eigenvalue weighted by atomic mass is 9.76. The van der Waals surface area contributed by atoms with Crippen LogP contribution in [0, 0.1) is 0 Å². The van der Waals surface area contributed by atoms with Crippen molar-refractivity contribution in [3.8, 4) is 5.75 Å². The number of hydrogen-bond acceptors (Lipinski definition) is 3. The Bertz CT molecular complexity index is 461. The van der Waals surface area contributed by atoms with E-state index in [1.165, 1.54) is 0 Å². The second-order valence-electron chi connectivity index (χ2n) is 4.92. The molecule has 1 aromatic carbocycles. The fraction of sp³-hybridized carbons (Fsp3) is 0.533. The molecule has 1 aliphatic rings. The van der Waals surface area contributed by atoms with Gasteiger partial charge in [0, 0.05) is 23.6 Å². The maximum atomic E-state index is 12.4. The van der Waals surface area contributed by atoms with E-state index in [4.69, 9.17) is 9.47 Å². The zero-order chi connectivity index (χ0) is 13.9. The number of carbonyl (C=O) groups excluding carboxylic acids is 1. The second kappa shape index (κ2) is 6.06. The molecule has 0 aromatic heterocycles. The van der Waals surface area contributed by atoms with Gasteiger partial charge in [0.15, 0.2) is 5.78 Å². The van der Waals surface area contributed by atoms with Crippen LogP contribution in [0.5, 0.6) is 5.75 Å². The molecule has 104 valence electrons. The zero-order valence-electron chi connectivity index (χ0n) is 11.4. The summed E-state index contributed by atoms with van der Waals surface area (Å²) >= 11 is 3.45. The summed E-state index contributed by atoms with van der Waals surface area (Å²) in [6.07, 6.45) is 3.55. The highest BCUT2D eigenvalue weighted by atomic mass is 79.9. The van der Waals surface area contributed by atoms with E-state index in [1.54, 1.807) is 7.11 Å². The van der Waals surface area contributed by atoms with Gasteiger partial charge in [0.05, 0.1) is 12.2 Å². The van der Waals surface area contributed by atoms with Crippen LogP contribution < -0.4 is 4.74 Å².